The second-order valence-electron chi connectivity index (χ2n) is 6.73. The van der Waals surface area contributed by atoms with Crippen LogP contribution in [0.5, 0.6) is 11.5 Å². The van der Waals surface area contributed by atoms with Crippen LogP contribution in [-0.2, 0) is 4.79 Å². The molecule has 1 atom stereocenters. The number of carboxylic acids is 1. The number of methoxy groups -OCH3 is 2. The van der Waals surface area contributed by atoms with Crippen molar-refractivity contribution in [3.63, 3.8) is 0 Å². The van der Waals surface area contributed by atoms with Crippen molar-refractivity contribution in [2.24, 2.45) is 0 Å². The highest BCUT2D eigenvalue weighted by atomic mass is 16.5. The molecule has 1 aliphatic carbocycles. The van der Waals surface area contributed by atoms with Crippen molar-refractivity contribution < 1.29 is 24.2 Å². The second-order valence-corrected chi connectivity index (χ2v) is 6.73. The summed E-state index contributed by atoms with van der Waals surface area (Å²) in [7, 11) is 3.18. The van der Waals surface area contributed by atoms with Crippen molar-refractivity contribution >= 4 is 12.0 Å². The Kier molecular flexibility index (Phi) is 7.29. The van der Waals surface area contributed by atoms with E-state index in [4.69, 9.17) is 14.6 Å². The van der Waals surface area contributed by atoms with E-state index in [2.05, 4.69) is 10.6 Å². The average molecular weight is 379 g/mol. The fourth-order valence-corrected chi connectivity index (χ4v) is 3.36. The predicted octanol–water partition coefficient (Wildman–Crippen LogP) is 2.00. The fourth-order valence-electron chi connectivity index (χ4n) is 3.36. The Bertz CT molecular complexity index is 661. The van der Waals surface area contributed by atoms with E-state index in [1.54, 1.807) is 20.3 Å². The van der Waals surface area contributed by atoms with E-state index in [1.165, 1.54) is 0 Å². The number of nitrogens with one attached hydrogen (secondary N) is 2. The van der Waals surface area contributed by atoms with Gasteiger partial charge in [0.25, 0.3) is 0 Å². The summed E-state index contributed by atoms with van der Waals surface area (Å²) in [5.41, 5.74) is 0.831. The van der Waals surface area contributed by atoms with Crippen LogP contribution in [-0.4, -0.2) is 61.4 Å². The van der Waals surface area contributed by atoms with Crippen LogP contribution in [0.3, 0.4) is 0 Å². The number of likely N-dealkylation sites (N-methyl/N-ethyl adjacent to an activating group) is 1. The van der Waals surface area contributed by atoms with Crippen LogP contribution in [0.1, 0.15) is 38.3 Å². The van der Waals surface area contributed by atoms with Crippen LogP contribution in [0.25, 0.3) is 0 Å². The number of nitrogens with zero attached hydrogens (tertiary/aromatic N) is 1. The largest absolute Gasteiger partial charge is 0.497 e. The van der Waals surface area contributed by atoms with Crippen LogP contribution < -0.4 is 20.1 Å². The number of rotatable bonds is 9. The summed E-state index contributed by atoms with van der Waals surface area (Å²) < 4.78 is 10.6. The van der Waals surface area contributed by atoms with Crippen LogP contribution in [0.15, 0.2) is 18.2 Å². The molecule has 3 N–H and O–H groups in total. The number of hydrogen-bond donors (Lipinski definition) is 3. The first kappa shape index (κ1) is 20.8. The Hall–Kier alpha value is -2.48. The van der Waals surface area contributed by atoms with Gasteiger partial charge in [-0.25, -0.2) is 4.79 Å². The maximum Gasteiger partial charge on any atom is 0.317 e. The Morgan fingerprint density at radius 2 is 2.00 bits per heavy atom. The van der Waals surface area contributed by atoms with Gasteiger partial charge in [0.05, 0.1) is 26.8 Å². The molecule has 1 fully saturated rings. The number of amides is 2. The molecule has 0 radical (unpaired) electrons. The van der Waals surface area contributed by atoms with Crippen molar-refractivity contribution in [2.75, 3.05) is 27.3 Å². The Labute approximate surface area is 159 Å². The number of urea groups is 1. The lowest BCUT2D eigenvalue weighted by Crippen LogP contribution is -2.56. The first-order valence-corrected chi connectivity index (χ1v) is 9.12. The molecule has 27 heavy (non-hydrogen) atoms. The number of carbonyl (C=O) groups is 2. The summed E-state index contributed by atoms with van der Waals surface area (Å²) in [4.78, 5) is 25.1. The van der Waals surface area contributed by atoms with Gasteiger partial charge in [-0.05, 0) is 44.5 Å². The molecule has 0 heterocycles. The third-order valence-electron chi connectivity index (χ3n) is 4.96. The van der Waals surface area contributed by atoms with Crippen molar-refractivity contribution in [3.05, 3.63) is 23.8 Å². The summed E-state index contributed by atoms with van der Waals surface area (Å²) in [6, 6.07) is 5.20. The molecule has 1 unspecified atom stereocenters. The summed E-state index contributed by atoms with van der Waals surface area (Å²) in [6.45, 7) is 4.54. The highest BCUT2D eigenvalue weighted by molar-refractivity contribution is 5.75. The molecule has 1 saturated carbocycles. The van der Waals surface area contributed by atoms with Crippen molar-refractivity contribution in [2.45, 2.75) is 44.8 Å². The molecule has 2 amide bonds. The Balaban J connectivity index is 1.85. The molecule has 0 aromatic heterocycles. The maximum absolute atomic E-state index is 12.3. The molecule has 8 nitrogen and oxygen atoms in total. The molecule has 0 aliphatic heterocycles. The summed E-state index contributed by atoms with van der Waals surface area (Å²) >= 11 is 0. The molecule has 0 bridgehead atoms. The number of benzene rings is 1. The van der Waals surface area contributed by atoms with Gasteiger partial charge in [0.2, 0.25) is 0 Å². The van der Waals surface area contributed by atoms with Crippen LogP contribution >= 0.6 is 0 Å². The van der Waals surface area contributed by atoms with E-state index in [0.717, 1.165) is 18.4 Å². The molecule has 1 aromatic rings. The fraction of sp³-hybridized carbons (Fsp3) is 0.579. The molecular formula is C19H29N3O5. The highest BCUT2D eigenvalue weighted by Gasteiger charge is 2.34. The van der Waals surface area contributed by atoms with E-state index in [1.807, 2.05) is 30.9 Å². The number of carboxylic acid groups (broad SMARTS) is 1. The molecule has 2 rings (SSSR count). The van der Waals surface area contributed by atoms with Crippen LogP contribution in [0, 0.1) is 0 Å². The van der Waals surface area contributed by atoms with Gasteiger partial charge in [0, 0.05) is 17.6 Å². The molecular weight excluding hydrogens is 350 g/mol. The third-order valence-corrected chi connectivity index (χ3v) is 4.96. The van der Waals surface area contributed by atoms with Gasteiger partial charge in [-0.15, -0.1) is 0 Å². The molecule has 1 aliphatic rings. The maximum atomic E-state index is 12.3. The van der Waals surface area contributed by atoms with Gasteiger partial charge >= 0.3 is 12.0 Å². The van der Waals surface area contributed by atoms with E-state index < -0.39 is 5.97 Å². The summed E-state index contributed by atoms with van der Waals surface area (Å²) in [5.74, 6) is 0.548. The minimum atomic E-state index is -0.827. The first-order valence-electron chi connectivity index (χ1n) is 9.12. The van der Waals surface area contributed by atoms with Gasteiger partial charge < -0.3 is 25.2 Å². The van der Waals surface area contributed by atoms with E-state index in [9.17, 15) is 9.59 Å². The molecule has 150 valence electrons. The van der Waals surface area contributed by atoms with Crippen molar-refractivity contribution in [1.82, 2.24) is 15.5 Å². The Morgan fingerprint density at radius 1 is 1.30 bits per heavy atom. The second kappa shape index (κ2) is 9.45. The molecule has 0 saturated heterocycles. The van der Waals surface area contributed by atoms with E-state index in [0.29, 0.717) is 18.0 Å². The van der Waals surface area contributed by atoms with E-state index in [-0.39, 0.29) is 30.7 Å². The van der Waals surface area contributed by atoms with E-state index >= 15 is 0 Å². The number of ether oxygens (including phenoxy) is 2. The number of carbonyl (C=O) groups excluding carboxylic acids is 1. The zero-order valence-corrected chi connectivity index (χ0v) is 16.3. The standard InChI is InChI=1S/C19H29N3O5/c1-5-22(11-18(23)24)14-8-13(9-14)21-19(25)20-12(2)16-10-15(26-3)6-7-17(16)27-4/h6-7,10,12-14H,5,8-9,11H2,1-4H3,(H,23,24)(H2,20,21,25). The molecule has 8 heteroatoms. The average Bonchev–Trinajstić information content (AvgIpc) is 2.61. The predicted molar refractivity (Wildman–Crippen MR) is 101 cm³/mol. The summed E-state index contributed by atoms with van der Waals surface area (Å²) in [6.07, 6.45) is 1.51. The van der Waals surface area contributed by atoms with Crippen LogP contribution in [0.4, 0.5) is 4.79 Å². The van der Waals surface area contributed by atoms with Gasteiger partial charge in [0.1, 0.15) is 11.5 Å². The quantitative estimate of drug-likeness (QED) is 0.607. The topological polar surface area (TPSA) is 100 Å². The van der Waals surface area contributed by atoms with Crippen molar-refractivity contribution in [3.8, 4) is 11.5 Å². The monoisotopic (exact) mass is 379 g/mol. The highest BCUT2D eigenvalue weighted by Crippen LogP contribution is 2.29. The minimum absolute atomic E-state index is 0.0345. The van der Waals surface area contributed by atoms with Gasteiger partial charge in [-0.1, -0.05) is 6.92 Å². The minimum Gasteiger partial charge on any atom is -0.497 e. The lowest BCUT2D eigenvalue weighted by molar-refractivity contribution is -0.139. The zero-order valence-electron chi connectivity index (χ0n) is 16.3. The third kappa shape index (κ3) is 5.50. The van der Waals surface area contributed by atoms with Gasteiger partial charge in [0.15, 0.2) is 0 Å². The number of hydrogen-bond acceptors (Lipinski definition) is 5. The Morgan fingerprint density at radius 3 is 2.56 bits per heavy atom. The smallest absolute Gasteiger partial charge is 0.317 e. The lowest BCUT2D eigenvalue weighted by atomic mass is 9.85. The molecule has 0 spiro atoms. The molecule has 1 aromatic carbocycles. The SMILES string of the molecule is CCN(CC(=O)O)C1CC(NC(=O)NC(C)c2cc(OC)ccc2OC)C1. The van der Waals surface area contributed by atoms with Crippen LogP contribution in [0.2, 0.25) is 0 Å². The first-order chi connectivity index (χ1) is 12.9. The van der Waals surface area contributed by atoms with Gasteiger partial charge in [-0.2, -0.15) is 0 Å². The normalized spacial score (nSPS) is 19.7. The zero-order chi connectivity index (χ0) is 20.0. The van der Waals surface area contributed by atoms with Crippen molar-refractivity contribution in [1.29, 1.82) is 0 Å². The lowest BCUT2D eigenvalue weighted by Gasteiger charge is -2.42. The van der Waals surface area contributed by atoms with Gasteiger partial charge in [-0.3, -0.25) is 9.69 Å². The summed E-state index contributed by atoms with van der Waals surface area (Å²) in [5, 5.41) is 14.8. The number of aliphatic carboxylic acids is 1.